The minimum atomic E-state index is -0.412. The summed E-state index contributed by atoms with van der Waals surface area (Å²) in [5.74, 6) is -0.0636. The van der Waals surface area contributed by atoms with E-state index >= 15 is 0 Å². The van der Waals surface area contributed by atoms with Crippen LogP contribution in [-0.2, 0) is 4.79 Å². The van der Waals surface area contributed by atoms with E-state index in [0.717, 1.165) is 16.8 Å². The standard InChI is InChI=1S/C24H19ClFN5OS/c1-16-6-8-17(9-7-16)23-29-30-24(31(23)20-12-10-19(25)11-13-20)33-15-22(32)28-27-14-18-4-2-3-5-21(18)26/h2-14H,15H2,1H3,(H,28,32)/b27-14+. The molecule has 0 saturated heterocycles. The Hall–Kier alpha value is -3.49. The molecular weight excluding hydrogens is 461 g/mol. The van der Waals surface area contributed by atoms with E-state index < -0.39 is 5.82 Å². The first-order chi connectivity index (χ1) is 16.0. The maximum atomic E-state index is 13.6. The number of aromatic nitrogens is 3. The highest BCUT2D eigenvalue weighted by atomic mass is 35.5. The zero-order chi connectivity index (χ0) is 23.2. The molecule has 0 fully saturated rings. The summed E-state index contributed by atoms with van der Waals surface area (Å²) < 4.78 is 15.5. The van der Waals surface area contributed by atoms with Gasteiger partial charge in [-0.15, -0.1) is 10.2 Å². The van der Waals surface area contributed by atoms with Crippen molar-refractivity contribution in [2.75, 3.05) is 5.75 Å². The summed E-state index contributed by atoms with van der Waals surface area (Å²) >= 11 is 7.28. The molecule has 0 aliphatic carbocycles. The lowest BCUT2D eigenvalue weighted by molar-refractivity contribution is -0.118. The summed E-state index contributed by atoms with van der Waals surface area (Å²) in [5.41, 5.74) is 5.55. The first kappa shape index (κ1) is 22.7. The number of rotatable bonds is 7. The van der Waals surface area contributed by atoms with Crippen molar-refractivity contribution in [1.82, 2.24) is 20.2 Å². The average Bonchev–Trinajstić information content (AvgIpc) is 3.24. The second-order valence-electron chi connectivity index (χ2n) is 7.09. The van der Waals surface area contributed by atoms with E-state index in [0.29, 0.717) is 16.0 Å². The molecule has 1 heterocycles. The number of aryl methyl sites for hydroxylation is 1. The van der Waals surface area contributed by atoms with Crippen molar-refractivity contribution in [3.63, 3.8) is 0 Å². The highest BCUT2D eigenvalue weighted by molar-refractivity contribution is 7.99. The molecule has 0 saturated carbocycles. The van der Waals surface area contributed by atoms with Crippen LogP contribution < -0.4 is 5.43 Å². The summed E-state index contributed by atoms with van der Waals surface area (Å²) in [4.78, 5) is 12.3. The molecule has 4 aromatic rings. The Kier molecular flexibility index (Phi) is 7.16. The number of hydrogen-bond acceptors (Lipinski definition) is 5. The van der Waals surface area contributed by atoms with Crippen molar-refractivity contribution in [2.45, 2.75) is 12.1 Å². The van der Waals surface area contributed by atoms with E-state index in [1.54, 1.807) is 30.3 Å². The Morgan fingerprint density at radius 2 is 1.82 bits per heavy atom. The van der Waals surface area contributed by atoms with Gasteiger partial charge >= 0.3 is 0 Å². The Balaban J connectivity index is 1.52. The summed E-state index contributed by atoms with van der Waals surface area (Å²) in [7, 11) is 0. The lowest BCUT2D eigenvalue weighted by atomic mass is 10.1. The summed E-state index contributed by atoms with van der Waals surface area (Å²) in [6.45, 7) is 2.02. The van der Waals surface area contributed by atoms with Gasteiger partial charge in [0.2, 0.25) is 0 Å². The number of carbonyl (C=O) groups excluding carboxylic acids is 1. The van der Waals surface area contributed by atoms with Crippen LogP contribution in [0.4, 0.5) is 4.39 Å². The Bertz CT molecular complexity index is 1290. The predicted molar refractivity (Wildman–Crippen MR) is 129 cm³/mol. The van der Waals surface area contributed by atoms with Gasteiger partial charge < -0.3 is 0 Å². The Morgan fingerprint density at radius 3 is 2.55 bits per heavy atom. The molecule has 1 N–H and O–H groups in total. The topological polar surface area (TPSA) is 72.2 Å². The summed E-state index contributed by atoms with van der Waals surface area (Å²) in [6, 6.07) is 21.4. The van der Waals surface area contributed by atoms with Gasteiger partial charge in [0.25, 0.3) is 5.91 Å². The normalized spacial score (nSPS) is 11.1. The highest BCUT2D eigenvalue weighted by Crippen LogP contribution is 2.28. The third-order valence-electron chi connectivity index (χ3n) is 4.66. The molecule has 4 rings (SSSR count). The van der Waals surface area contributed by atoms with Crippen molar-refractivity contribution < 1.29 is 9.18 Å². The molecular formula is C24H19ClFN5OS. The van der Waals surface area contributed by atoms with Crippen LogP contribution in [0.1, 0.15) is 11.1 Å². The van der Waals surface area contributed by atoms with Crippen LogP contribution in [0.15, 0.2) is 83.1 Å². The van der Waals surface area contributed by atoms with Crippen molar-refractivity contribution >= 4 is 35.5 Å². The van der Waals surface area contributed by atoms with Crippen LogP contribution in [0.5, 0.6) is 0 Å². The molecule has 0 spiro atoms. The first-order valence-corrected chi connectivity index (χ1v) is 11.4. The molecule has 6 nitrogen and oxygen atoms in total. The lowest BCUT2D eigenvalue weighted by Crippen LogP contribution is -2.20. The van der Waals surface area contributed by atoms with E-state index in [9.17, 15) is 9.18 Å². The van der Waals surface area contributed by atoms with E-state index in [2.05, 4.69) is 20.7 Å². The molecule has 33 heavy (non-hydrogen) atoms. The van der Waals surface area contributed by atoms with Gasteiger partial charge in [0.05, 0.1) is 12.0 Å². The number of hydrogen-bond donors (Lipinski definition) is 1. The van der Waals surface area contributed by atoms with Gasteiger partial charge in [0.15, 0.2) is 11.0 Å². The molecule has 0 bridgehead atoms. The van der Waals surface area contributed by atoms with E-state index in [1.165, 1.54) is 24.0 Å². The van der Waals surface area contributed by atoms with Gasteiger partial charge in [-0.1, -0.05) is 71.4 Å². The number of thioether (sulfide) groups is 1. The first-order valence-electron chi connectivity index (χ1n) is 9.99. The van der Waals surface area contributed by atoms with Crippen LogP contribution in [0.2, 0.25) is 5.02 Å². The molecule has 0 radical (unpaired) electrons. The number of amides is 1. The number of benzene rings is 3. The fraction of sp³-hybridized carbons (Fsp3) is 0.0833. The number of nitrogens with one attached hydrogen (secondary N) is 1. The van der Waals surface area contributed by atoms with Gasteiger partial charge in [-0.25, -0.2) is 9.82 Å². The highest BCUT2D eigenvalue weighted by Gasteiger charge is 2.17. The van der Waals surface area contributed by atoms with Gasteiger partial charge in [0, 0.05) is 21.8 Å². The van der Waals surface area contributed by atoms with E-state index in [-0.39, 0.29) is 17.2 Å². The van der Waals surface area contributed by atoms with Crippen LogP contribution in [0.3, 0.4) is 0 Å². The smallest absolute Gasteiger partial charge is 0.250 e. The summed E-state index contributed by atoms with van der Waals surface area (Å²) in [5, 5.41) is 13.6. The molecule has 0 unspecified atom stereocenters. The van der Waals surface area contributed by atoms with Crippen molar-refractivity contribution in [3.05, 3.63) is 94.8 Å². The van der Waals surface area contributed by atoms with E-state index in [1.807, 2.05) is 47.9 Å². The second-order valence-corrected chi connectivity index (χ2v) is 8.47. The van der Waals surface area contributed by atoms with Gasteiger partial charge in [-0.2, -0.15) is 5.10 Å². The molecule has 0 aliphatic rings. The monoisotopic (exact) mass is 479 g/mol. The fourth-order valence-corrected chi connectivity index (χ4v) is 3.86. The molecule has 0 atom stereocenters. The van der Waals surface area contributed by atoms with Crippen LogP contribution in [0, 0.1) is 12.7 Å². The molecule has 1 amide bonds. The van der Waals surface area contributed by atoms with Crippen molar-refractivity contribution in [3.8, 4) is 17.1 Å². The number of halogens is 2. The molecule has 166 valence electrons. The van der Waals surface area contributed by atoms with Crippen molar-refractivity contribution in [1.29, 1.82) is 0 Å². The van der Waals surface area contributed by atoms with Crippen LogP contribution in [0.25, 0.3) is 17.1 Å². The van der Waals surface area contributed by atoms with Gasteiger partial charge in [0.1, 0.15) is 5.82 Å². The lowest BCUT2D eigenvalue weighted by Gasteiger charge is -2.10. The number of nitrogens with zero attached hydrogens (tertiary/aromatic N) is 4. The minimum absolute atomic E-state index is 0.0498. The van der Waals surface area contributed by atoms with Crippen LogP contribution in [-0.4, -0.2) is 32.6 Å². The second kappa shape index (κ2) is 10.4. The number of hydrazone groups is 1. The maximum absolute atomic E-state index is 13.6. The van der Waals surface area contributed by atoms with Gasteiger partial charge in [-0.05, 0) is 37.3 Å². The molecule has 0 aliphatic heterocycles. The molecule has 1 aromatic heterocycles. The zero-order valence-electron chi connectivity index (χ0n) is 17.6. The van der Waals surface area contributed by atoms with Gasteiger partial charge in [-0.3, -0.25) is 9.36 Å². The van der Waals surface area contributed by atoms with E-state index in [4.69, 9.17) is 11.6 Å². The maximum Gasteiger partial charge on any atom is 0.250 e. The predicted octanol–water partition coefficient (Wildman–Crippen LogP) is 5.28. The third kappa shape index (κ3) is 5.66. The Morgan fingerprint density at radius 1 is 1.09 bits per heavy atom. The average molecular weight is 480 g/mol. The Labute approximate surface area is 199 Å². The summed E-state index contributed by atoms with van der Waals surface area (Å²) in [6.07, 6.45) is 1.27. The SMILES string of the molecule is Cc1ccc(-c2nnc(SCC(=O)N/N=C/c3ccccc3F)n2-c2ccc(Cl)cc2)cc1. The van der Waals surface area contributed by atoms with Crippen molar-refractivity contribution in [2.24, 2.45) is 5.10 Å². The molecule has 9 heteroatoms. The van der Waals surface area contributed by atoms with Crippen LogP contribution >= 0.6 is 23.4 Å². The largest absolute Gasteiger partial charge is 0.272 e. The third-order valence-corrected chi connectivity index (χ3v) is 5.84. The number of carbonyl (C=O) groups is 1. The minimum Gasteiger partial charge on any atom is -0.272 e. The molecule has 3 aromatic carbocycles. The zero-order valence-corrected chi connectivity index (χ0v) is 19.1. The fourth-order valence-electron chi connectivity index (χ4n) is 2.99. The quantitative estimate of drug-likeness (QED) is 0.222.